The minimum Gasteiger partial charge on any atom is -0.319 e. The van der Waals surface area contributed by atoms with Crippen LogP contribution >= 0.6 is 27.3 Å². The molecule has 0 spiro atoms. The van der Waals surface area contributed by atoms with Crippen LogP contribution in [0.1, 0.15) is 20.4 Å². The van der Waals surface area contributed by atoms with Gasteiger partial charge in [-0.3, -0.25) is 4.79 Å². The Morgan fingerprint density at radius 2 is 2.24 bits per heavy atom. The highest BCUT2D eigenvalue weighted by molar-refractivity contribution is 9.10. The lowest BCUT2D eigenvalue weighted by atomic mass is 10.3. The minimum atomic E-state index is -0.151. The average Bonchev–Trinajstić information content (AvgIpc) is 2.61. The molecule has 0 saturated heterocycles. The monoisotopic (exact) mass is 311 g/mol. The first-order valence-corrected chi connectivity index (χ1v) is 6.55. The van der Waals surface area contributed by atoms with Crippen LogP contribution in [-0.2, 0) is 0 Å². The topological polar surface area (TPSA) is 54.9 Å². The number of halogens is 1. The number of amides is 1. The predicted molar refractivity (Wildman–Crippen MR) is 71.5 cm³/mol. The second kappa shape index (κ2) is 4.93. The molecule has 2 heterocycles. The molecule has 0 aliphatic heterocycles. The zero-order chi connectivity index (χ0) is 12.4. The van der Waals surface area contributed by atoms with Gasteiger partial charge >= 0.3 is 0 Å². The normalized spacial score (nSPS) is 10.3. The molecule has 17 heavy (non-hydrogen) atoms. The summed E-state index contributed by atoms with van der Waals surface area (Å²) in [5, 5.41) is 3.69. The third-order valence-corrected chi connectivity index (χ3v) is 3.82. The fourth-order valence-corrected chi connectivity index (χ4v) is 2.56. The molecule has 2 aromatic rings. The van der Waals surface area contributed by atoms with Gasteiger partial charge in [-0.25, -0.2) is 9.97 Å². The highest BCUT2D eigenvalue weighted by Crippen LogP contribution is 2.22. The Labute approximate surface area is 111 Å². The van der Waals surface area contributed by atoms with Crippen molar-refractivity contribution >= 4 is 38.9 Å². The van der Waals surface area contributed by atoms with Crippen molar-refractivity contribution in [2.75, 3.05) is 5.32 Å². The van der Waals surface area contributed by atoms with Gasteiger partial charge in [0.25, 0.3) is 5.91 Å². The first-order valence-electron chi connectivity index (χ1n) is 4.94. The lowest BCUT2D eigenvalue weighted by Crippen LogP contribution is -2.12. The lowest BCUT2D eigenvalue weighted by Gasteiger charge is -2.04. The van der Waals surface area contributed by atoms with Crippen LogP contribution in [0.2, 0.25) is 0 Å². The van der Waals surface area contributed by atoms with Crippen LogP contribution in [0, 0.1) is 13.8 Å². The van der Waals surface area contributed by atoms with E-state index in [1.807, 2.05) is 13.8 Å². The predicted octanol–water partition coefficient (Wildman–Crippen LogP) is 3.17. The van der Waals surface area contributed by atoms with E-state index in [9.17, 15) is 4.79 Å². The zero-order valence-electron chi connectivity index (χ0n) is 9.32. The summed E-state index contributed by atoms with van der Waals surface area (Å²) >= 11 is 4.67. The van der Waals surface area contributed by atoms with E-state index < -0.39 is 0 Å². The Morgan fingerprint density at radius 3 is 2.82 bits per heavy atom. The zero-order valence-corrected chi connectivity index (χ0v) is 11.7. The molecule has 2 aromatic heterocycles. The molecule has 0 bridgehead atoms. The third-order valence-electron chi connectivity index (χ3n) is 2.12. The molecular formula is C11H10BrN3OS. The van der Waals surface area contributed by atoms with Gasteiger partial charge in [0.2, 0.25) is 0 Å². The van der Waals surface area contributed by atoms with Gasteiger partial charge in [0, 0.05) is 6.20 Å². The van der Waals surface area contributed by atoms with Gasteiger partial charge in [0.15, 0.2) is 0 Å². The summed E-state index contributed by atoms with van der Waals surface area (Å²) in [7, 11) is 0. The molecule has 1 amide bonds. The van der Waals surface area contributed by atoms with E-state index in [4.69, 9.17) is 0 Å². The highest BCUT2D eigenvalue weighted by atomic mass is 79.9. The highest BCUT2D eigenvalue weighted by Gasteiger charge is 2.14. The van der Waals surface area contributed by atoms with E-state index in [2.05, 4.69) is 31.2 Å². The van der Waals surface area contributed by atoms with Gasteiger partial charge in [-0.2, -0.15) is 0 Å². The Hall–Kier alpha value is -1.27. The quantitative estimate of drug-likeness (QED) is 0.867. The first-order chi connectivity index (χ1) is 8.08. The van der Waals surface area contributed by atoms with Crippen molar-refractivity contribution in [3.63, 3.8) is 0 Å². The number of hydrogen-bond acceptors (Lipinski definition) is 4. The summed E-state index contributed by atoms with van der Waals surface area (Å²) in [6, 6.07) is 3.56. The van der Waals surface area contributed by atoms with Crippen LogP contribution in [0.5, 0.6) is 0 Å². The van der Waals surface area contributed by atoms with Gasteiger partial charge in [-0.05, 0) is 41.9 Å². The molecule has 2 rings (SSSR count). The van der Waals surface area contributed by atoms with Crippen molar-refractivity contribution in [1.29, 1.82) is 0 Å². The summed E-state index contributed by atoms with van der Waals surface area (Å²) in [5.74, 6) is -0.151. The Balaban J connectivity index is 2.23. The Bertz CT molecular complexity index is 568. The number of nitrogens with zero attached hydrogens (tertiary/aromatic N) is 2. The van der Waals surface area contributed by atoms with Crippen molar-refractivity contribution in [3.8, 4) is 0 Å². The van der Waals surface area contributed by atoms with Gasteiger partial charge in [0.1, 0.15) is 9.48 Å². The molecule has 0 aromatic carbocycles. The van der Waals surface area contributed by atoms with Crippen molar-refractivity contribution in [3.05, 3.63) is 38.5 Å². The van der Waals surface area contributed by atoms with E-state index in [0.717, 1.165) is 10.7 Å². The van der Waals surface area contributed by atoms with Gasteiger partial charge in [0.05, 0.1) is 16.4 Å². The van der Waals surface area contributed by atoms with Gasteiger partial charge in [-0.1, -0.05) is 0 Å². The summed E-state index contributed by atoms with van der Waals surface area (Å²) in [6.45, 7) is 3.71. The summed E-state index contributed by atoms with van der Waals surface area (Å²) in [5.41, 5.74) is 1.41. The second-order valence-electron chi connectivity index (χ2n) is 3.44. The first kappa shape index (κ1) is 12.2. The molecule has 0 radical (unpaired) electrons. The fraction of sp³-hybridized carbons (Fsp3) is 0.182. The number of hydrogen-bond donors (Lipinski definition) is 1. The molecule has 0 unspecified atom stereocenters. The number of rotatable bonds is 2. The molecule has 0 saturated carbocycles. The van der Waals surface area contributed by atoms with Gasteiger partial charge < -0.3 is 5.32 Å². The molecule has 0 aliphatic rings. The molecule has 0 fully saturated rings. The molecule has 4 nitrogen and oxygen atoms in total. The number of thiazole rings is 1. The Kier molecular flexibility index (Phi) is 3.54. The number of nitrogens with one attached hydrogen (secondary N) is 1. The van der Waals surface area contributed by atoms with E-state index in [1.165, 1.54) is 11.3 Å². The number of aryl methyl sites for hydroxylation is 2. The van der Waals surface area contributed by atoms with Crippen LogP contribution in [0.25, 0.3) is 0 Å². The maximum absolute atomic E-state index is 12.0. The van der Waals surface area contributed by atoms with Crippen LogP contribution < -0.4 is 5.32 Å². The number of carbonyl (C=O) groups is 1. The van der Waals surface area contributed by atoms with Crippen molar-refractivity contribution in [1.82, 2.24) is 9.97 Å². The number of pyridine rings is 1. The van der Waals surface area contributed by atoms with E-state index in [0.29, 0.717) is 15.2 Å². The maximum atomic E-state index is 12.0. The number of carbonyl (C=O) groups excluding carboxylic acids is 1. The van der Waals surface area contributed by atoms with Crippen LogP contribution in [0.4, 0.5) is 5.69 Å². The molecule has 88 valence electrons. The Morgan fingerprint density at radius 1 is 1.47 bits per heavy atom. The SMILES string of the molecule is Cc1nc(C)c(C(=O)Nc2cccnc2Br)s1. The second-order valence-corrected chi connectivity index (χ2v) is 5.40. The minimum absolute atomic E-state index is 0.151. The third kappa shape index (κ3) is 2.70. The summed E-state index contributed by atoms with van der Waals surface area (Å²) in [6.07, 6.45) is 1.65. The van der Waals surface area contributed by atoms with Crippen LogP contribution in [0.15, 0.2) is 22.9 Å². The smallest absolute Gasteiger partial charge is 0.267 e. The molecular weight excluding hydrogens is 302 g/mol. The van der Waals surface area contributed by atoms with Crippen molar-refractivity contribution in [2.24, 2.45) is 0 Å². The standard InChI is InChI=1S/C11H10BrN3OS/c1-6-9(17-7(2)14-6)11(16)15-8-4-3-5-13-10(8)12/h3-5H,1-2H3,(H,15,16). The van der Waals surface area contributed by atoms with Crippen molar-refractivity contribution in [2.45, 2.75) is 13.8 Å². The van der Waals surface area contributed by atoms with Crippen LogP contribution in [0.3, 0.4) is 0 Å². The fourth-order valence-electron chi connectivity index (χ4n) is 1.40. The largest absolute Gasteiger partial charge is 0.319 e. The maximum Gasteiger partial charge on any atom is 0.267 e. The van der Waals surface area contributed by atoms with E-state index in [-0.39, 0.29) is 5.91 Å². The number of anilines is 1. The molecule has 0 aliphatic carbocycles. The average molecular weight is 312 g/mol. The summed E-state index contributed by atoms with van der Waals surface area (Å²) in [4.78, 5) is 20.9. The van der Waals surface area contributed by atoms with Crippen LogP contribution in [-0.4, -0.2) is 15.9 Å². The summed E-state index contributed by atoms with van der Waals surface area (Å²) < 4.78 is 0.618. The molecule has 1 N–H and O–H groups in total. The van der Waals surface area contributed by atoms with E-state index >= 15 is 0 Å². The number of aromatic nitrogens is 2. The molecule has 0 atom stereocenters. The van der Waals surface area contributed by atoms with Gasteiger partial charge in [-0.15, -0.1) is 11.3 Å². The van der Waals surface area contributed by atoms with Crippen molar-refractivity contribution < 1.29 is 4.79 Å². The lowest BCUT2D eigenvalue weighted by molar-refractivity contribution is 0.102. The van der Waals surface area contributed by atoms with E-state index in [1.54, 1.807) is 18.3 Å². The molecule has 6 heteroatoms.